The smallest absolute Gasteiger partial charge is 0.343 e. The van der Waals surface area contributed by atoms with Gasteiger partial charge in [0.05, 0.1) is 7.11 Å². The highest BCUT2D eigenvalue weighted by Crippen LogP contribution is 2.22. The molecule has 1 aromatic heterocycles. The molecule has 0 radical (unpaired) electrons. The van der Waals surface area contributed by atoms with E-state index in [-0.39, 0.29) is 12.5 Å². The van der Waals surface area contributed by atoms with Gasteiger partial charge in [0, 0.05) is 17.0 Å². The van der Waals surface area contributed by atoms with Crippen molar-refractivity contribution in [3.8, 4) is 5.75 Å². The van der Waals surface area contributed by atoms with Crippen LogP contribution < -0.4 is 10.1 Å². The summed E-state index contributed by atoms with van der Waals surface area (Å²) in [4.78, 5) is 24.4. The number of ether oxygens (including phenoxy) is 2. The van der Waals surface area contributed by atoms with E-state index in [2.05, 4.69) is 16.1 Å². The Morgan fingerprint density at radius 2 is 2.08 bits per heavy atom. The van der Waals surface area contributed by atoms with Gasteiger partial charge in [-0.05, 0) is 55.0 Å². The zero-order chi connectivity index (χ0) is 17.4. The summed E-state index contributed by atoms with van der Waals surface area (Å²) in [5.41, 5.74) is 1.63. The Morgan fingerprint density at radius 3 is 2.75 bits per heavy atom. The van der Waals surface area contributed by atoms with Crippen LogP contribution in [0.25, 0.3) is 0 Å². The molecular formula is C18H21NO4S. The highest BCUT2D eigenvalue weighted by atomic mass is 32.1. The third kappa shape index (κ3) is 5.70. The average molecular weight is 347 g/mol. The molecule has 1 heterocycles. The number of amides is 1. The Labute approximate surface area is 145 Å². The second-order valence-electron chi connectivity index (χ2n) is 5.32. The highest BCUT2D eigenvalue weighted by Gasteiger charge is 2.08. The van der Waals surface area contributed by atoms with Crippen LogP contribution in [0.15, 0.2) is 35.7 Å². The van der Waals surface area contributed by atoms with Crippen LogP contribution in [-0.4, -0.2) is 25.6 Å². The van der Waals surface area contributed by atoms with E-state index in [1.807, 2.05) is 18.4 Å². The molecule has 0 aliphatic rings. The van der Waals surface area contributed by atoms with Gasteiger partial charge in [-0.25, -0.2) is 4.79 Å². The first-order valence-corrected chi connectivity index (χ1v) is 8.59. The van der Waals surface area contributed by atoms with Crippen molar-refractivity contribution in [2.24, 2.45) is 0 Å². The van der Waals surface area contributed by atoms with Crippen LogP contribution in [0.5, 0.6) is 5.75 Å². The van der Waals surface area contributed by atoms with Crippen LogP contribution in [0, 0.1) is 6.92 Å². The van der Waals surface area contributed by atoms with Crippen LogP contribution in [0.1, 0.15) is 23.3 Å². The van der Waals surface area contributed by atoms with Gasteiger partial charge in [0.15, 0.2) is 6.61 Å². The Hall–Kier alpha value is -2.34. The largest absolute Gasteiger partial charge is 0.482 e. The summed E-state index contributed by atoms with van der Waals surface area (Å²) in [7, 11) is 1.31. The van der Waals surface area contributed by atoms with Crippen molar-refractivity contribution in [3.63, 3.8) is 0 Å². The number of benzene rings is 1. The normalized spacial score (nSPS) is 10.2. The topological polar surface area (TPSA) is 64.6 Å². The molecule has 6 heteroatoms. The summed E-state index contributed by atoms with van der Waals surface area (Å²) in [6.07, 6.45) is 2.23. The number of nitrogens with one attached hydrogen (secondary N) is 1. The molecule has 0 saturated heterocycles. The van der Waals surface area contributed by atoms with E-state index in [4.69, 9.17) is 4.74 Å². The molecule has 0 aliphatic carbocycles. The molecule has 0 unspecified atom stereocenters. The quantitative estimate of drug-likeness (QED) is 0.742. The zero-order valence-corrected chi connectivity index (χ0v) is 14.7. The molecule has 1 N–H and O–H groups in total. The van der Waals surface area contributed by atoms with Crippen LogP contribution in [0.2, 0.25) is 0 Å². The minimum atomic E-state index is -0.434. The Balaban J connectivity index is 1.80. The number of hydrogen-bond acceptors (Lipinski definition) is 5. The van der Waals surface area contributed by atoms with E-state index in [1.165, 1.54) is 12.0 Å². The van der Waals surface area contributed by atoms with Gasteiger partial charge in [-0.3, -0.25) is 4.79 Å². The first kappa shape index (κ1) is 18.0. The van der Waals surface area contributed by atoms with Gasteiger partial charge in [-0.2, -0.15) is 0 Å². The number of thiophene rings is 1. The van der Waals surface area contributed by atoms with E-state index in [0.29, 0.717) is 12.2 Å². The summed E-state index contributed by atoms with van der Waals surface area (Å²) >= 11 is 1.71. The number of anilines is 1. The average Bonchev–Trinajstić information content (AvgIpc) is 3.08. The number of hydrogen-bond donors (Lipinski definition) is 1. The van der Waals surface area contributed by atoms with Crippen molar-refractivity contribution in [2.45, 2.75) is 26.2 Å². The Morgan fingerprint density at radius 1 is 1.25 bits per heavy atom. The van der Waals surface area contributed by atoms with Crippen molar-refractivity contribution in [1.29, 1.82) is 0 Å². The monoisotopic (exact) mass is 347 g/mol. The predicted molar refractivity (Wildman–Crippen MR) is 94.6 cm³/mol. The number of carbonyl (C=O) groups is 2. The van der Waals surface area contributed by atoms with E-state index in [0.717, 1.165) is 24.1 Å². The molecule has 1 amide bonds. The van der Waals surface area contributed by atoms with Gasteiger partial charge in [0.25, 0.3) is 0 Å². The molecule has 128 valence electrons. The number of esters is 1. The lowest BCUT2D eigenvalue weighted by atomic mass is 10.1. The first-order chi connectivity index (χ1) is 11.6. The highest BCUT2D eigenvalue weighted by molar-refractivity contribution is 7.09. The SMILES string of the molecule is COC(=O)COc1ccc(NC(=O)CCCc2cccs2)c(C)c1. The van der Waals surface area contributed by atoms with Crippen LogP contribution in [-0.2, 0) is 20.7 Å². The minimum absolute atomic E-state index is 0.00196. The minimum Gasteiger partial charge on any atom is -0.482 e. The summed E-state index contributed by atoms with van der Waals surface area (Å²) in [5, 5.41) is 4.96. The molecule has 1 aromatic carbocycles. The molecule has 0 bridgehead atoms. The second-order valence-corrected chi connectivity index (χ2v) is 6.35. The summed E-state index contributed by atoms with van der Waals surface area (Å²) in [6.45, 7) is 1.75. The van der Waals surface area contributed by atoms with Gasteiger partial charge in [0.2, 0.25) is 5.91 Å². The standard InChI is InChI=1S/C18H21NO4S/c1-13-11-14(23-12-18(21)22-2)8-9-16(13)19-17(20)7-3-5-15-6-4-10-24-15/h4,6,8-11H,3,5,7,12H2,1-2H3,(H,19,20). The Kier molecular flexibility index (Phi) is 6.81. The van der Waals surface area contributed by atoms with Crippen LogP contribution in [0.4, 0.5) is 5.69 Å². The van der Waals surface area contributed by atoms with E-state index in [9.17, 15) is 9.59 Å². The number of methoxy groups -OCH3 is 1. The van der Waals surface area contributed by atoms with Crippen molar-refractivity contribution < 1.29 is 19.1 Å². The molecule has 0 aliphatic heterocycles. The lowest BCUT2D eigenvalue weighted by molar-refractivity contribution is -0.142. The van der Waals surface area contributed by atoms with E-state index in [1.54, 1.807) is 29.5 Å². The van der Waals surface area contributed by atoms with Gasteiger partial charge in [-0.15, -0.1) is 11.3 Å². The lowest BCUT2D eigenvalue weighted by Gasteiger charge is -2.11. The van der Waals surface area contributed by atoms with E-state index >= 15 is 0 Å². The molecule has 0 spiro atoms. The molecule has 2 aromatic rings. The van der Waals surface area contributed by atoms with Crippen molar-refractivity contribution in [2.75, 3.05) is 19.0 Å². The van der Waals surface area contributed by atoms with Gasteiger partial charge in [-0.1, -0.05) is 6.07 Å². The third-order valence-corrected chi connectivity index (χ3v) is 4.40. The van der Waals surface area contributed by atoms with Gasteiger partial charge in [0.1, 0.15) is 5.75 Å². The number of rotatable bonds is 8. The van der Waals surface area contributed by atoms with Crippen molar-refractivity contribution in [3.05, 3.63) is 46.2 Å². The van der Waals surface area contributed by atoms with Crippen LogP contribution in [0.3, 0.4) is 0 Å². The molecule has 0 fully saturated rings. The molecule has 0 atom stereocenters. The van der Waals surface area contributed by atoms with Gasteiger partial charge >= 0.3 is 5.97 Å². The fourth-order valence-corrected chi connectivity index (χ4v) is 2.91. The Bertz CT molecular complexity index is 682. The first-order valence-electron chi connectivity index (χ1n) is 7.71. The number of aryl methyl sites for hydroxylation is 2. The summed E-state index contributed by atoms with van der Waals surface area (Å²) in [6, 6.07) is 9.38. The van der Waals surface area contributed by atoms with Crippen LogP contribution >= 0.6 is 11.3 Å². The lowest BCUT2D eigenvalue weighted by Crippen LogP contribution is -2.14. The molecule has 24 heavy (non-hydrogen) atoms. The second kappa shape index (κ2) is 9.08. The molecule has 2 rings (SSSR count). The van der Waals surface area contributed by atoms with Crippen molar-refractivity contribution in [1.82, 2.24) is 0 Å². The molecule has 0 saturated carbocycles. The number of carbonyl (C=O) groups excluding carboxylic acids is 2. The van der Waals surface area contributed by atoms with E-state index < -0.39 is 5.97 Å². The zero-order valence-electron chi connectivity index (χ0n) is 13.8. The molecular weight excluding hydrogens is 326 g/mol. The summed E-state index contributed by atoms with van der Waals surface area (Å²) < 4.78 is 9.84. The van der Waals surface area contributed by atoms with Gasteiger partial charge < -0.3 is 14.8 Å². The predicted octanol–water partition coefficient (Wildman–Crippen LogP) is 3.57. The fraction of sp³-hybridized carbons (Fsp3) is 0.333. The maximum Gasteiger partial charge on any atom is 0.343 e. The summed E-state index contributed by atoms with van der Waals surface area (Å²) in [5.74, 6) is 0.127. The fourth-order valence-electron chi connectivity index (χ4n) is 2.16. The maximum atomic E-state index is 12.0. The third-order valence-electron chi connectivity index (χ3n) is 3.46. The maximum absolute atomic E-state index is 12.0. The molecule has 5 nitrogen and oxygen atoms in total. The van der Waals surface area contributed by atoms with Crippen molar-refractivity contribution >= 4 is 28.9 Å².